The van der Waals surface area contributed by atoms with Gasteiger partial charge in [0.2, 0.25) is 11.8 Å². The number of halogens is 2. The van der Waals surface area contributed by atoms with Gasteiger partial charge in [0.05, 0.1) is 6.54 Å². The molecule has 4 nitrogen and oxygen atoms in total. The zero-order valence-electron chi connectivity index (χ0n) is 11.9. The van der Waals surface area contributed by atoms with Gasteiger partial charge in [0, 0.05) is 18.5 Å². The van der Waals surface area contributed by atoms with E-state index in [9.17, 15) is 18.4 Å². The van der Waals surface area contributed by atoms with Crippen LogP contribution >= 0.6 is 0 Å². The molecule has 1 aromatic carbocycles. The molecule has 6 heteroatoms. The van der Waals surface area contributed by atoms with Gasteiger partial charge in [0.1, 0.15) is 17.7 Å². The summed E-state index contributed by atoms with van der Waals surface area (Å²) in [7, 11) is 0. The van der Waals surface area contributed by atoms with Crippen LogP contribution in [0.3, 0.4) is 0 Å². The van der Waals surface area contributed by atoms with Crippen LogP contribution in [0.1, 0.15) is 31.7 Å². The van der Waals surface area contributed by atoms with Crippen LogP contribution in [-0.4, -0.2) is 29.3 Å². The summed E-state index contributed by atoms with van der Waals surface area (Å²) in [5, 5.41) is 2.66. The van der Waals surface area contributed by atoms with Crippen molar-refractivity contribution in [3.63, 3.8) is 0 Å². The minimum Gasteiger partial charge on any atom is -0.344 e. The van der Waals surface area contributed by atoms with Gasteiger partial charge in [-0.2, -0.15) is 0 Å². The highest BCUT2D eigenvalue weighted by molar-refractivity contribution is 5.89. The van der Waals surface area contributed by atoms with E-state index in [-0.39, 0.29) is 36.9 Å². The second-order valence-corrected chi connectivity index (χ2v) is 5.12. The Bertz CT molecular complexity index is 528. The number of nitrogens with one attached hydrogen (secondary N) is 1. The standard InChI is InChI=1S/C15H18F2N2O2/c1-2-4-13-15(21)19(8-7-14(20)18-13)9-10-11(16)5-3-6-12(10)17/h3,5-6,13H,2,4,7-9H2,1H3,(H,18,20). The molecule has 21 heavy (non-hydrogen) atoms. The van der Waals surface area contributed by atoms with Gasteiger partial charge in [0.25, 0.3) is 0 Å². The largest absolute Gasteiger partial charge is 0.344 e. The van der Waals surface area contributed by atoms with E-state index in [1.54, 1.807) is 0 Å². The first-order valence-corrected chi connectivity index (χ1v) is 7.04. The monoisotopic (exact) mass is 296 g/mol. The fraction of sp³-hybridized carbons (Fsp3) is 0.467. The topological polar surface area (TPSA) is 49.4 Å². The number of carbonyl (C=O) groups excluding carboxylic acids is 2. The summed E-state index contributed by atoms with van der Waals surface area (Å²) in [6.07, 6.45) is 1.39. The highest BCUT2D eigenvalue weighted by Crippen LogP contribution is 2.17. The van der Waals surface area contributed by atoms with Crippen molar-refractivity contribution in [2.45, 2.75) is 38.8 Å². The van der Waals surface area contributed by atoms with Gasteiger partial charge in [-0.1, -0.05) is 19.4 Å². The number of nitrogens with zero attached hydrogens (tertiary/aromatic N) is 1. The van der Waals surface area contributed by atoms with Crippen molar-refractivity contribution in [3.05, 3.63) is 35.4 Å². The highest BCUT2D eigenvalue weighted by atomic mass is 19.1. The van der Waals surface area contributed by atoms with Crippen LogP contribution in [-0.2, 0) is 16.1 Å². The predicted octanol–water partition coefficient (Wildman–Crippen LogP) is 1.98. The Balaban J connectivity index is 2.21. The summed E-state index contributed by atoms with van der Waals surface area (Å²) in [6.45, 7) is 1.91. The number of hydrogen-bond acceptors (Lipinski definition) is 2. The molecule has 0 spiro atoms. The Kier molecular flexibility index (Phi) is 4.88. The van der Waals surface area contributed by atoms with Crippen molar-refractivity contribution in [2.75, 3.05) is 6.54 Å². The van der Waals surface area contributed by atoms with E-state index in [0.717, 1.165) is 18.6 Å². The van der Waals surface area contributed by atoms with E-state index < -0.39 is 17.7 Å². The first-order valence-electron chi connectivity index (χ1n) is 7.04. The molecule has 1 heterocycles. The number of benzene rings is 1. The van der Waals surface area contributed by atoms with Gasteiger partial charge in [-0.3, -0.25) is 9.59 Å². The first-order chi connectivity index (χ1) is 10.0. The van der Waals surface area contributed by atoms with E-state index in [1.807, 2.05) is 6.92 Å². The van der Waals surface area contributed by atoms with Gasteiger partial charge in [-0.25, -0.2) is 8.78 Å². The third kappa shape index (κ3) is 3.56. The van der Waals surface area contributed by atoms with Crippen molar-refractivity contribution in [2.24, 2.45) is 0 Å². The van der Waals surface area contributed by atoms with E-state index in [0.29, 0.717) is 6.42 Å². The molecular weight excluding hydrogens is 278 g/mol. The Labute approximate surface area is 122 Å². The maximum absolute atomic E-state index is 13.7. The van der Waals surface area contributed by atoms with Crippen LogP contribution in [0.4, 0.5) is 8.78 Å². The van der Waals surface area contributed by atoms with Crippen LogP contribution < -0.4 is 5.32 Å². The molecule has 0 aliphatic carbocycles. The minimum absolute atomic E-state index is 0.141. The van der Waals surface area contributed by atoms with E-state index in [1.165, 1.54) is 11.0 Å². The van der Waals surface area contributed by atoms with Crippen molar-refractivity contribution in [1.29, 1.82) is 0 Å². The Morgan fingerprint density at radius 1 is 1.29 bits per heavy atom. The van der Waals surface area contributed by atoms with Gasteiger partial charge >= 0.3 is 0 Å². The quantitative estimate of drug-likeness (QED) is 0.923. The van der Waals surface area contributed by atoms with Gasteiger partial charge in [-0.15, -0.1) is 0 Å². The van der Waals surface area contributed by atoms with Crippen LogP contribution in [0.5, 0.6) is 0 Å². The van der Waals surface area contributed by atoms with Crippen molar-refractivity contribution < 1.29 is 18.4 Å². The average Bonchev–Trinajstić information content (AvgIpc) is 2.56. The zero-order chi connectivity index (χ0) is 15.4. The molecule has 1 aliphatic heterocycles. The van der Waals surface area contributed by atoms with Gasteiger partial charge in [0.15, 0.2) is 0 Å². The molecule has 1 unspecified atom stereocenters. The van der Waals surface area contributed by atoms with Crippen LogP contribution in [0.2, 0.25) is 0 Å². The SMILES string of the molecule is CCCC1NC(=O)CCN(Cc2c(F)cccc2F)C1=O. The number of amides is 2. The number of rotatable bonds is 4. The third-order valence-electron chi connectivity index (χ3n) is 3.54. The fourth-order valence-electron chi connectivity index (χ4n) is 2.41. The van der Waals surface area contributed by atoms with Crippen LogP contribution in [0.15, 0.2) is 18.2 Å². The smallest absolute Gasteiger partial charge is 0.245 e. The van der Waals surface area contributed by atoms with Crippen LogP contribution in [0.25, 0.3) is 0 Å². The number of hydrogen-bond donors (Lipinski definition) is 1. The van der Waals surface area contributed by atoms with Gasteiger partial charge in [-0.05, 0) is 18.6 Å². The Hall–Kier alpha value is -1.98. The third-order valence-corrected chi connectivity index (χ3v) is 3.54. The molecule has 1 saturated heterocycles. The molecule has 1 aromatic rings. The molecule has 0 bridgehead atoms. The Morgan fingerprint density at radius 2 is 1.95 bits per heavy atom. The molecule has 114 valence electrons. The molecule has 0 saturated carbocycles. The lowest BCUT2D eigenvalue weighted by Gasteiger charge is -2.24. The molecule has 1 aliphatic rings. The molecular formula is C15H18F2N2O2. The second-order valence-electron chi connectivity index (χ2n) is 5.12. The van der Waals surface area contributed by atoms with E-state index in [4.69, 9.17) is 0 Å². The van der Waals surface area contributed by atoms with E-state index >= 15 is 0 Å². The predicted molar refractivity (Wildman–Crippen MR) is 73.2 cm³/mol. The average molecular weight is 296 g/mol. The first kappa shape index (κ1) is 15.4. The molecule has 2 rings (SSSR count). The summed E-state index contributed by atoms with van der Waals surface area (Å²) in [5.41, 5.74) is -0.143. The number of carbonyl (C=O) groups is 2. The van der Waals surface area contributed by atoms with Crippen molar-refractivity contribution in [1.82, 2.24) is 10.2 Å². The van der Waals surface area contributed by atoms with Crippen LogP contribution in [0, 0.1) is 11.6 Å². The van der Waals surface area contributed by atoms with E-state index in [2.05, 4.69) is 5.32 Å². The summed E-state index contributed by atoms with van der Waals surface area (Å²) < 4.78 is 27.4. The lowest BCUT2D eigenvalue weighted by molar-refractivity contribution is -0.134. The lowest BCUT2D eigenvalue weighted by atomic mass is 10.1. The molecule has 1 N–H and O–H groups in total. The zero-order valence-corrected chi connectivity index (χ0v) is 11.9. The fourth-order valence-corrected chi connectivity index (χ4v) is 2.41. The maximum Gasteiger partial charge on any atom is 0.245 e. The Morgan fingerprint density at radius 3 is 2.57 bits per heavy atom. The summed E-state index contributed by atoms with van der Waals surface area (Å²) in [4.78, 5) is 25.3. The molecule has 0 radical (unpaired) electrons. The summed E-state index contributed by atoms with van der Waals surface area (Å²) in [6, 6.07) is 2.99. The van der Waals surface area contributed by atoms with Crippen molar-refractivity contribution >= 4 is 11.8 Å². The molecule has 1 fully saturated rings. The molecule has 2 amide bonds. The normalized spacial score (nSPS) is 19.4. The maximum atomic E-state index is 13.7. The lowest BCUT2D eigenvalue weighted by Crippen LogP contribution is -2.44. The summed E-state index contributed by atoms with van der Waals surface area (Å²) >= 11 is 0. The summed E-state index contributed by atoms with van der Waals surface area (Å²) in [5.74, 6) is -1.86. The van der Waals surface area contributed by atoms with Gasteiger partial charge < -0.3 is 10.2 Å². The highest BCUT2D eigenvalue weighted by Gasteiger charge is 2.30. The molecule has 0 aromatic heterocycles. The second kappa shape index (κ2) is 6.65. The molecule has 1 atom stereocenters. The minimum atomic E-state index is -0.682. The van der Waals surface area contributed by atoms with Crippen molar-refractivity contribution in [3.8, 4) is 0 Å².